The average molecular weight is 332 g/mol. The molecular weight excluding hydrogens is 316 g/mol. The third-order valence-corrected chi connectivity index (χ3v) is 4.96. The van der Waals surface area contributed by atoms with E-state index >= 15 is 0 Å². The molecule has 7 nitrogen and oxygen atoms in total. The van der Waals surface area contributed by atoms with E-state index in [2.05, 4.69) is 15.3 Å². The molecule has 1 aliphatic rings. The maximum atomic E-state index is 12.1. The Kier molecular flexibility index (Phi) is 4.10. The molecule has 1 aromatic carbocycles. The van der Waals surface area contributed by atoms with Gasteiger partial charge in [-0.2, -0.15) is 4.31 Å². The first-order valence-corrected chi connectivity index (χ1v) is 8.92. The summed E-state index contributed by atoms with van der Waals surface area (Å²) >= 11 is 0. The van der Waals surface area contributed by atoms with Gasteiger partial charge in [-0.25, -0.2) is 13.4 Å². The fourth-order valence-corrected chi connectivity index (χ4v) is 3.30. The second-order valence-corrected chi connectivity index (χ2v) is 7.36. The van der Waals surface area contributed by atoms with Gasteiger partial charge in [0.05, 0.1) is 12.5 Å². The van der Waals surface area contributed by atoms with Crippen molar-refractivity contribution in [2.75, 3.05) is 18.1 Å². The molecule has 23 heavy (non-hydrogen) atoms. The predicted octanol–water partition coefficient (Wildman–Crippen LogP) is 1.05. The summed E-state index contributed by atoms with van der Waals surface area (Å²) in [7, 11) is -3.22. The van der Waals surface area contributed by atoms with Crippen LogP contribution in [0, 0.1) is 0 Å². The van der Waals surface area contributed by atoms with E-state index in [1.54, 1.807) is 6.07 Å². The van der Waals surface area contributed by atoms with Crippen molar-refractivity contribution < 1.29 is 13.2 Å². The van der Waals surface area contributed by atoms with E-state index in [1.807, 2.05) is 12.1 Å². The van der Waals surface area contributed by atoms with Gasteiger partial charge in [-0.3, -0.25) is 9.78 Å². The molecule has 1 amide bonds. The van der Waals surface area contributed by atoms with E-state index in [9.17, 15) is 13.2 Å². The number of nitrogens with zero attached hydrogens (tertiary/aromatic N) is 3. The fourth-order valence-electron chi connectivity index (χ4n) is 2.50. The summed E-state index contributed by atoms with van der Waals surface area (Å²) in [6, 6.07) is 5.53. The molecule has 0 saturated heterocycles. The predicted molar refractivity (Wildman–Crippen MR) is 85.4 cm³/mol. The zero-order valence-corrected chi connectivity index (χ0v) is 13.4. The maximum Gasteiger partial charge on any atom is 0.275 e. The Balaban J connectivity index is 1.80. The largest absolute Gasteiger partial charge is 0.321 e. The van der Waals surface area contributed by atoms with Gasteiger partial charge in [-0.05, 0) is 29.7 Å². The maximum absolute atomic E-state index is 12.1. The van der Waals surface area contributed by atoms with Gasteiger partial charge in [0.25, 0.3) is 5.91 Å². The van der Waals surface area contributed by atoms with Gasteiger partial charge in [0.15, 0.2) is 0 Å². The van der Waals surface area contributed by atoms with Crippen LogP contribution in [-0.2, 0) is 23.0 Å². The van der Waals surface area contributed by atoms with Gasteiger partial charge in [-0.1, -0.05) is 6.07 Å². The number of rotatable bonds is 3. The van der Waals surface area contributed by atoms with Crippen molar-refractivity contribution in [1.82, 2.24) is 14.3 Å². The molecule has 120 valence electrons. The standard InChI is InChI=1S/C15H16N4O3S/c1-23(21,22)19-7-4-11-2-3-13(8-12(11)10-19)18-15(20)14-9-16-5-6-17-14/h2-3,5-6,8-9H,4,7,10H2,1H3,(H,18,20). The highest BCUT2D eigenvalue weighted by atomic mass is 32.2. The Hall–Kier alpha value is -2.32. The number of nitrogens with one attached hydrogen (secondary N) is 1. The second-order valence-electron chi connectivity index (χ2n) is 5.37. The molecule has 2 heterocycles. The number of amides is 1. The first kappa shape index (κ1) is 15.6. The summed E-state index contributed by atoms with van der Waals surface area (Å²) in [5, 5.41) is 2.75. The second kappa shape index (κ2) is 6.05. The molecule has 0 spiro atoms. The average Bonchev–Trinajstić information content (AvgIpc) is 2.54. The van der Waals surface area contributed by atoms with E-state index in [-0.39, 0.29) is 11.6 Å². The zero-order valence-electron chi connectivity index (χ0n) is 12.6. The van der Waals surface area contributed by atoms with Crippen LogP contribution in [0.1, 0.15) is 21.6 Å². The van der Waals surface area contributed by atoms with E-state index in [0.717, 1.165) is 11.1 Å². The molecule has 1 aliphatic heterocycles. The number of sulfonamides is 1. The topological polar surface area (TPSA) is 92.3 Å². The Morgan fingerprint density at radius 3 is 2.78 bits per heavy atom. The number of hydrogen-bond donors (Lipinski definition) is 1. The minimum absolute atomic E-state index is 0.225. The molecule has 0 atom stereocenters. The van der Waals surface area contributed by atoms with Crippen molar-refractivity contribution in [1.29, 1.82) is 0 Å². The molecule has 8 heteroatoms. The lowest BCUT2D eigenvalue weighted by Crippen LogP contribution is -2.35. The molecule has 1 aromatic heterocycles. The Bertz CT molecular complexity index is 837. The SMILES string of the molecule is CS(=O)(=O)N1CCc2ccc(NC(=O)c3cnccn3)cc2C1. The Morgan fingerprint density at radius 2 is 2.09 bits per heavy atom. The van der Waals surface area contributed by atoms with E-state index < -0.39 is 10.0 Å². The van der Waals surface area contributed by atoms with Crippen LogP contribution < -0.4 is 5.32 Å². The summed E-state index contributed by atoms with van der Waals surface area (Å²) in [6.07, 6.45) is 6.21. The smallest absolute Gasteiger partial charge is 0.275 e. The Labute approximate surface area is 134 Å². The minimum atomic E-state index is -3.22. The third kappa shape index (κ3) is 3.54. The monoisotopic (exact) mass is 332 g/mol. The van der Waals surface area contributed by atoms with Crippen LogP contribution in [0.5, 0.6) is 0 Å². The summed E-state index contributed by atoms with van der Waals surface area (Å²) in [5.74, 6) is -0.353. The molecule has 1 N–H and O–H groups in total. The fraction of sp³-hybridized carbons (Fsp3) is 0.267. The zero-order chi connectivity index (χ0) is 16.4. The molecule has 0 radical (unpaired) electrons. The quantitative estimate of drug-likeness (QED) is 0.907. The molecular formula is C15H16N4O3S. The lowest BCUT2D eigenvalue weighted by Gasteiger charge is -2.27. The highest BCUT2D eigenvalue weighted by Gasteiger charge is 2.23. The minimum Gasteiger partial charge on any atom is -0.321 e. The first-order chi connectivity index (χ1) is 10.9. The van der Waals surface area contributed by atoms with Crippen molar-refractivity contribution in [2.45, 2.75) is 13.0 Å². The normalized spacial score (nSPS) is 15.0. The Morgan fingerprint density at radius 1 is 1.26 bits per heavy atom. The van der Waals surface area contributed by atoms with Gasteiger partial charge < -0.3 is 5.32 Å². The van der Waals surface area contributed by atoms with Crippen LogP contribution in [0.3, 0.4) is 0 Å². The van der Waals surface area contributed by atoms with E-state index in [0.29, 0.717) is 25.2 Å². The number of hydrogen-bond acceptors (Lipinski definition) is 5. The summed E-state index contributed by atoms with van der Waals surface area (Å²) < 4.78 is 24.8. The molecule has 2 aromatic rings. The molecule has 3 rings (SSSR count). The van der Waals surface area contributed by atoms with Crippen LogP contribution in [0.25, 0.3) is 0 Å². The highest BCUT2D eigenvalue weighted by molar-refractivity contribution is 7.88. The van der Waals surface area contributed by atoms with Crippen LogP contribution in [0.4, 0.5) is 5.69 Å². The van der Waals surface area contributed by atoms with Crippen molar-refractivity contribution >= 4 is 21.6 Å². The van der Waals surface area contributed by atoms with Crippen LogP contribution >= 0.6 is 0 Å². The van der Waals surface area contributed by atoms with Crippen LogP contribution in [-0.4, -0.2) is 41.4 Å². The molecule has 0 saturated carbocycles. The molecule has 0 bridgehead atoms. The number of anilines is 1. The first-order valence-electron chi connectivity index (χ1n) is 7.08. The number of aromatic nitrogens is 2. The molecule has 0 unspecified atom stereocenters. The van der Waals surface area contributed by atoms with Gasteiger partial charge in [-0.15, -0.1) is 0 Å². The number of carbonyl (C=O) groups is 1. The van der Waals surface area contributed by atoms with Gasteiger partial charge in [0.1, 0.15) is 5.69 Å². The summed E-state index contributed by atoms with van der Waals surface area (Å²) in [6.45, 7) is 0.806. The summed E-state index contributed by atoms with van der Waals surface area (Å²) in [4.78, 5) is 19.9. The van der Waals surface area contributed by atoms with E-state index in [1.165, 1.54) is 29.2 Å². The van der Waals surface area contributed by atoms with Crippen LogP contribution in [0.2, 0.25) is 0 Å². The molecule has 0 aliphatic carbocycles. The molecule has 0 fully saturated rings. The van der Waals surface area contributed by atoms with Crippen molar-refractivity contribution in [3.8, 4) is 0 Å². The van der Waals surface area contributed by atoms with Crippen molar-refractivity contribution in [2.24, 2.45) is 0 Å². The van der Waals surface area contributed by atoms with E-state index in [4.69, 9.17) is 0 Å². The lowest BCUT2D eigenvalue weighted by atomic mass is 10.0. The number of carbonyl (C=O) groups excluding carboxylic acids is 1. The summed E-state index contributed by atoms with van der Waals surface area (Å²) in [5.41, 5.74) is 2.83. The highest BCUT2D eigenvalue weighted by Crippen LogP contribution is 2.24. The van der Waals surface area contributed by atoms with Crippen molar-refractivity contribution in [3.63, 3.8) is 0 Å². The van der Waals surface area contributed by atoms with Crippen molar-refractivity contribution in [3.05, 3.63) is 53.6 Å². The number of benzene rings is 1. The van der Waals surface area contributed by atoms with Crippen LogP contribution in [0.15, 0.2) is 36.8 Å². The van der Waals surface area contributed by atoms with Gasteiger partial charge >= 0.3 is 0 Å². The third-order valence-electron chi connectivity index (χ3n) is 3.71. The van der Waals surface area contributed by atoms with Gasteiger partial charge in [0.2, 0.25) is 10.0 Å². The lowest BCUT2D eigenvalue weighted by molar-refractivity contribution is 0.102. The van der Waals surface area contributed by atoms with Gasteiger partial charge in [0, 0.05) is 31.2 Å². The number of fused-ring (bicyclic) bond motifs is 1.